The average molecular weight is 967 g/mol. The Hall–Kier alpha value is -2.27. The molecule has 0 fully saturated rings. The second-order valence-electron chi connectivity index (χ2n) is 13.1. The molecule has 58 heavy (non-hydrogen) atoms. The van der Waals surface area contributed by atoms with Crippen LogP contribution in [0.3, 0.4) is 0 Å². The van der Waals surface area contributed by atoms with Crippen LogP contribution in [0.15, 0.2) is 0 Å². The summed E-state index contributed by atoms with van der Waals surface area (Å²) in [6, 6.07) is 0. The Morgan fingerprint density at radius 2 is 0.345 bits per heavy atom. The average Bonchev–Trinajstić information content (AvgIpc) is 2.77. The molecule has 0 spiro atoms. The van der Waals surface area contributed by atoms with Crippen LogP contribution in [0.1, 0.15) is 122 Å². The van der Waals surface area contributed by atoms with Gasteiger partial charge in [0, 0.05) is 38.5 Å². The molecular weight excluding hydrogens is 907 g/mol. The van der Waals surface area contributed by atoms with Crippen molar-refractivity contribution in [1.29, 1.82) is 0 Å². The van der Waals surface area contributed by atoms with Crippen molar-refractivity contribution in [2.24, 2.45) is 35.5 Å². The fraction of sp³-hybridized carbons (Fsp3) is 0.800. The van der Waals surface area contributed by atoms with Crippen molar-refractivity contribution >= 4 is 35.8 Å². The molecule has 0 atom stereocenters. The topological polar surface area (TPSA) is 501 Å². The zero-order valence-electron chi connectivity index (χ0n) is 34.2. The van der Waals surface area contributed by atoms with E-state index in [1.54, 1.807) is 0 Å². The van der Waals surface area contributed by atoms with Crippen molar-refractivity contribution in [1.82, 2.24) is 0 Å². The maximum atomic E-state index is 9.81. The van der Waals surface area contributed by atoms with Crippen molar-refractivity contribution in [2.75, 3.05) is 0 Å². The van der Waals surface area contributed by atoms with E-state index in [0.29, 0.717) is 0 Å². The van der Waals surface area contributed by atoms with E-state index in [2.05, 4.69) is 0 Å². The summed E-state index contributed by atoms with van der Waals surface area (Å²) < 4.78 is 102. The summed E-state index contributed by atoms with van der Waals surface area (Å²) in [5.41, 5.74) is 0. The molecule has 0 aromatic heterocycles. The summed E-state index contributed by atoms with van der Waals surface area (Å²) in [6.07, 6.45) is 1.67. The molecule has 0 aliphatic rings. The quantitative estimate of drug-likeness (QED) is 0.0989. The number of aliphatic carboxylic acids is 6. The Balaban J connectivity index is -0.0000000559. The molecule has 0 rings (SSSR count). The van der Waals surface area contributed by atoms with Gasteiger partial charge in [0.15, 0.2) is 0 Å². The molecule has 24 nitrogen and oxygen atoms in total. The third kappa shape index (κ3) is 316. The van der Waals surface area contributed by atoms with Crippen LogP contribution in [-0.2, 0) is 45.8 Å². The first kappa shape index (κ1) is 79.8. The minimum Gasteiger partial charge on any atom is -0.481 e. The Morgan fingerprint density at radius 1 is 0.293 bits per heavy atom. The molecule has 0 aromatic carbocycles. The smallest absolute Gasteiger partial charge is 0.481 e. The normalized spacial score (nSPS) is 10.0. The van der Waals surface area contributed by atoms with Crippen LogP contribution in [0.5, 0.6) is 0 Å². The van der Waals surface area contributed by atoms with E-state index in [-0.39, 0.29) is 91.1 Å². The Bertz CT molecular complexity index is 792. The standard InChI is InChI=1S/6C5H10O2.3ClHO4.Fe/c6*1-4(2)3-5(6)7;3*2-1(3,4)5;/h6*4H,3H2,1-2H3,(H,6,7);3*(H,2,3,4,5);/q;;;;;;;;;+3/p-3. The number of carbonyl (C=O) groups is 6. The van der Waals surface area contributed by atoms with Crippen LogP contribution in [0, 0.1) is 66.2 Å². The zero-order valence-corrected chi connectivity index (χ0v) is 37.6. The largest absolute Gasteiger partial charge is 3.00 e. The maximum Gasteiger partial charge on any atom is 3.00 e. The molecule has 0 amide bonds. The predicted octanol–water partition coefficient (Wildman–Crippen LogP) is -7.57. The molecule has 28 heteroatoms. The van der Waals surface area contributed by atoms with Crippen LogP contribution in [0.2, 0.25) is 0 Å². The van der Waals surface area contributed by atoms with Crippen molar-refractivity contribution in [3.63, 3.8) is 0 Å². The van der Waals surface area contributed by atoms with E-state index in [1.165, 1.54) is 0 Å². The molecule has 0 bridgehead atoms. The summed E-state index contributed by atoms with van der Waals surface area (Å²) in [5, 5.41) is 48.5. The number of hydrogen-bond donors (Lipinski definition) is 6. The molecule has 0 saturated heterocycles. The fourth-order valence-electron chi connectivity index (χ4n) is 2.10. The first-order chi connectivity index (χ1) is 24.8. The van der Waals surface area contributed by atoms with Crippen LogP contribution in [-0.4, -0.2) is 66.5 Å². The van der Waals surface area contributed by atoms with Gasteiger partial charge in [-0.05, 0) is 35.5 Å². The van der Waals surface area contributed by atoms with Gasteiger partial charge < -0.3 is 30.6 Å². The van der Waals surface area contributed by atoms with E-state index in [0.717, 1.165) is 0 Å². The van der Waals surface area contributed by atoms with E-state index in [9.17, 15) is 28.8 Å². The predicted molar refractivity (Wildman–Crippen MR) is 163 cm³/mol. The van der Waals surface area contributed by atoms with Gasteiger partial charge in [-0.15, -0.1) is 30.7 Å². The molecule has 6 N–H and O–H groups in total. The molecule has 0 unspecified atom stereocenters. The second kappa shape index (κ2) is 47.4. The molecule has 353 valence electrons. The minimum absolute atomic E-state index is 0. The number of carboxylic acids is 6. The number of halogens is 3. The van der Waals surface area contributed by atoms with Gasteiger partial charge in [0.05, 0.1) is 0 Å². The van der Waals surface area contributed by atoms with Crippen LogP contribution in [0.25, 0.3) is 0 Å². The minimum atomic E-state index is -4.94. The van der Waals surface area contributed by atoms with Crippen molar-refractivity contribution in [3.8, 4) is 0 Å². The van der Waals surface area contributed by atoms with Crippen LogP contribution < -0.4 is 55.9 Å². The Morgan fingerprint density at radius 3 is 0.345 bits per heavy atom. The SMILES string of the molecule is CC(C)CC(=O)O.CC(C)CC(=O)O.CC(C)CC(=O)O.CC(C)CC(=O)O.CC(C)CC(=O)O.CC(C)CC(=O)O.[Fe+3].[O-][Cl+3]([O-])([O-])[O-].[O-][Cl+3]([O-])([O-])[O-].[O-][Cl+3]([O-])([O-])[O-]. The molecule has 0 aliphatic carbocycles. The number of rotatable bonds is 12. The first-order valence-corrected chi connectivity index (χ1v) is 19.6. The summed E-state index contributed by atoms with van der Waals surface area (Å²) >= 11 is 0. The number of hydrogen-bond acceptors (Lipinski definition) is 18. The molecule has 0 saturated carbocycles. The Labute approximate surface area is 355 Å². The second-order valence-corrected chi connectivity index (χ2v) is 15.4. The van der Waals surface area contributed by atoms with Crippen molar-refractivity contribution in [2.45, 2.75) is 122 Å². The number of carboxylic acid groups (broad SMARTS) is 6. The monoisotopic (exact) mass is 965 g/mol. The maximum absolute atomic E-state index is 9.81. The van der Waals surface area contributed by atoms with Gasteiger partial charge in [0.2, 0.25) is 0 Å². The molecule has 0 heterocycles. The van der Waals surface area contributed by atoms with E-state index < -0.39 is 66.5 Å². The van der Waals surface area contributed by atoms with Gasteiger partial charge >= 0.3 is 52.9 Å². The fourth-order valence-corrected chi connectivity index (χ4v) is 2.10. The van der Waals surface area contributed by atoms with E-state index >= 15 is 0 Å². The van der Waals surface area contributed by atoms with E-state index in [1.807, 2.05) is 83.1 Å². The van der Waals surface area contributed by atoms with Crippen molar-refractivity contribution < 1.29 is 163 Å². The van der Waals surface area contributed by atoms with E-state index in [4.69, 9.17) is 86.5 Å². The summed E-state index contributed by atoms with van der Waals surface area (Å²) in [4.78, 5) is 58.9. The Kier molecular flexibility index (Phi) is 65.2. The van der Waals surface area contributed by atoms with Gasteiger partial charge in [-0.3, -0.25) is 28.8 Å². The van der Waals surface area contributed by atoms with Gasteiger partial charge in [0.25, 0.3) is 0 Å². The van der Waals surface area contributed by atoms with Gasteiger partial charge in [-0.25, -0.2) is 55.9 Å². The van der Waals surface area contributed by atoms with Gasteiger partial charge in [-0.2, -0.15) is 0 Å². The van der Waals surface area contributed by atoms with Crippen LogP contribution in [0.4, 0.5) is 0 Å². The summed E-state index contributed by atoms with van der Waals surface area (Å²) in [5.74, 6) is -2.63. The molecule has 0 aromatic rings. The first-order valence-electron chi connectivity index (χ1n) is 15.9. The molecular formula is C30H60Cl3FeO24. The van der Waals surface area contributed by atoms with Crippen molar-refractivity contribution in [3.05, 3.63) is 0 Å². The van der Waals surface area contributed by atoms with Gasteiger partial charge in [-0.1, -0.05) is 83.1 Å². The third-order valence-electron chi connectivity index (χ3n) is 3.50. The third-order valence-corrected chi connectivity index (χ3v) is 3.50. The summed E-state index contributed by atoms with van der Waals surface area (Å²) in [7, 11) is -14.8. The molecule has 1 radical (unpaired) electrons. The van der Waals surface area contributed by atoms with Gasteiger partial charge in [0.1, 0.15) is 0 Å². The summed E-state index contributed by atoms with van der Waals surface area (Å²) in [6.45, 7) is 22.6. The zero-order chi connectivity index (χ0) is 48.7. The molecule has 0 aliphatic heterocycles. The van der Waals surface area contributed by atoms with Crippen LogP contribution >= 0.6 is 0 Å².